The number of halogens is 1. The van der Waals surface area contributed by atoms with Crippen molar-refractivity contribution in [1.29, 1.82) is 0 Å². The second-order valence-electron chi connectivity index (χ2n) is 4.54. The van der Waals surface area contributed by atoms with E-state index in [9.17, 15) is 0 Å². The first-order chi connectivity index (χ1) is 10.2. The average Bonchev–Trinajstić information content (AvgIpc) is 2.54. The Labute approximate surface area is 127 Å². The molecule has 1 N–H and O–H groups in total. The van der Waals surface area contributed by atoms with Crippen molar-refractivity contribution in [3.63, 3.8) is 0 Å². The van der Waals surface area contributed by atoms with Crippen LogP contribution in [0.4, 0.5) is 5.82 Å². The van der Waals surface area contributed by atoms with Crippen LogP contribution < -0.4 is 10.1 Å². The normalized spacial score (nSPS) is 10.6. The maximum Gasteiger partial charge on any atom is 0.162 e. The zero-order chi connectivity index (χ0) is 14.8. The number of hydrogen-bond donors (Lipinski definition) is 1. The number of rotatable bonds is 3. The van der Waals surface area contributed by atoms with E-state index in [-0.39, 0.29) is 0 Å². The van der Waals surface area contributed by atoms with Crippen molar-refractivity contribution in [2.24, 2.45) is 0 Å². The molecule has 0 saturated carbocycles. The van der Waals surface area contributed by atoms with E-state index in [0.717, 1.165) is 28.0 Å². The summed E-state index contributed by atoms with van der Waals surface area (Å²) in [7, 11) is 3.48. The topological polar surface area (TPSA) is 47.0 Å². The zero-order valence-corrected chi connectivity index (χ0v) is 12.5. The third kappa shape index (κ3) is 2.62. The summed E-state index contributed by atoms with van der Waals surface area (Å²) in [6.07, 6.45) is 0. The minimum atomic E-state index is 0.664. The number of fused-ring (bicyclic) bond motifs is 1. The Morgan fingerprint density at radius 3 is 2.48 bits per heavy atom. The molecule has 0 aliphatic rings. The summed E-state index contributed by atoms with van der Waals surface area (Å²) in [6.45, 7) is 0. The first-order valence-corrected chi connectivity index (χ1v) is 6.88. The van der Waals surface area contributed by atoms with E-state index in [0.29, 0.717) is 10.8 Å². The number of nitrogens with zero attached hydrogens (tertiary/aromatic N) is 2. The van der Waals surface area contributed by atoms with Gasteiger partial charge in [0, 0.05) is 23.0 Å². The van der Waals surface area contributed by atoms with Gasteiger partial charge in [0.25, 0.3) is 0 Å². The fraction of sp³-hybridized carbons (Fsp3) is 0.125. The highest BCUT2D eigenvalue weighted by molar-refractivity contribution is 6.31. The van der Waals surface area contributed by atoms with Gasteiger partial charge in [0.05, 0.1) is 12.6 Å². The molecular formula is C16H14ClN3O. The second-order valence-corrected chi connectivity index (χ2v) is 4.97. The molecule has 0 atom stereocenters. The van der Waals surface area contributed by atoms with Crippen LogP contribution in [-0.2, 0) is 0 Å². The monoisotopic (exact) mass is 299 g/mol. The molecule has 0 aliphatic carbocycles. The second kappa shape index (κ2) is 5.58. The summed E-state index contributed by atoms with van der Waals surface area (Å²) < 4.78 is 5.17. The number of benzene rings is 2. The van der Waals surface area contributed by atoms with Crippen LogP contribution in [-0.4, -0.2) is 24.1 Å². The molecule has 0 spiro atoms. The predicted molar refractivity (Wildman–Crippen MR) is 86.1 cm³/mol. The molecule has 3 aromatic rings. The molecule has 1 aromatic heterocycles. The first kappa shape index (κ1) is 13.6. The van der Waals surface area contributed by atoms with E-state index in [1.165, 1.54) is 0 Å². The summed E-state index contributed by atoms with van der Waals surface area (Å²) >= 11 is 6.04. The van der Waals surface area contributed by atoms with Crippen LogP contribution in [0.1, 0.15) is 0 Å². The molecule has 0 saturated heterocycles. The lowest BCUT2D eigenvalue weighted by Gasteiger charge is -2.09. The molecule has 1 heterocycles. The number of ether oxygens (including phenoxy) is 1. The SMILES string of the molecule is CNc1nc(-c2ccc(OC)cc2)nc2ccc(Cl)cc12. The molecule has 3 rings (SSSR count). The van der Waals surface area contributed by atoms with Crippen LogP contribution in [0, 0.1) is 0 Å². The summed E-state index contributed by atoms with van der Waals surface area (Å²) in [5.41, 5.74) is 1.79. The van der Waals surface area contributed by atoms with E-state index < -0.39 is 0 Å². The molecule has 0 fully saturated rings. The van der Waals surface area contributed by atoms with Gasteiger partial charge in [-0.05, 0) is 42.5 Å². The van der Waals surface area contributed by atoms with E-state index in [1.54, 1.807) is 7.11 Å². The summed E-state index contributed by atoms with van der Waals surface area (Å²) in [4.78, 5) is 9.16. The van der Waals surface area contributed by atoms with Gasteiger partial charge in [-0.1, -0.05) is 11.6 Å². The first-order valence-electron chi connectivity index (χ1n) is 6.51. The zero-order valence-electron chi connectivity index (χ0n) is 11.7. The van der Waals surface area contributed by atoms with Gasteiger partial charge in [-0.2, -0.15) is 0 Å². The Bertz CT molecular complexity index is 787. The molecular weight excluding hydrogens is 286 g/mol. The number of aromatic nitrogens is 2. The molecule has 5 heteroatoms. The van der Waals surface area contributed by atoms with Crippen LogP contribution in [0.3, 0.4) is 0 Å². The minimum Gasteiger partial charge on any atom is -0.497 e. The third-order valence-corrected chi connectivity index (χ3v) is 3.48. The lowest BCUT2D eigenvalue weighted by Crippen LogP contribution is -1.98. The van der Waals surface area contributed by atoms with E-state index in [4.69, 9.17) is 16.3 Å². The highest BCUT2D eigenvalue weighted by atomic mass is 35.5. The van der Waals surface area contributed by atoms with Crippen LogP contribution in [0.15, 0.2) is 42.5 Å². The summed E-state index contributed by atoms with van der Waals surface area (Å²) in [6, 6.07) is 13.3. The average molecular weight is 300 g/mol. The Morgan fingerprint density at radius 2 is 1.81 bits per heavy atom. The Balaban J connectivity index is 2.16. The van der Waals surface area contributed by atoms with Crippen LogP contribution >= 0.6 is 11.6 Å². The summed E-state index contributed by atoms with van der Waals surface area (Å²) in [5, 5.41) is 4.67. The lowest BCUT2D eigenvalue weighted by molar-refractivity contribution is 0.415. The minimum absolute atomic E-state index is 0.664. The highest BCUT2D eigenvalue weighted by Crippen LogP contribution is 2.27. The van der Waals surface area contributed by atoms with Crippen molar-refractivity contribution in [3.8, 4) is 17.1 Å². The molecule has 21 heavy (non-hydrogen) atoms. The number of methoxy groups -OCH3 is 1. The van der Waals surface area contributed by atoms with Crippen molar-refractivity contribution >= 4 is 28.3 Å². The van der Waals surface area contributed by atoms with Gasteiger partial charge in [-0.3, -0.25) is 0 Å². The van der Waals surface area contributed by atoms with Gasteiger partial charge in [0.15, 0.2) is 5.82 Å². The maximum absolute atomic E-state index is 6.04. The van der Waals surface area contributed by atoms with Gasteiger partial charge in [-0.15, -0.1) is 0 Å². The molecule has 0 unspecified atom stereocenters. The van der Waals surface area contributed by atoms with Gasteiger partial charge < -0.3 is 10.1 Å². The number of anilines is 1. The molecule has 0 radical (unpaired) electrons. The largest absolute Gasteiger partial charge is 0.497 e. The Morgan fingerprint density at radius 1 is 1.05 bits per heavy atom. The van der Waals surface area contributed by atoms with Crippen molar-refractivity contribution < 1.29 is 4.74 Å². The molecule has 106 valence electrons. The number of hydrogen-bond acceptors (Lipinski definition) is 4. The third-order valence-electron chi connectivity index (χ3n) is 3.24. The fourth-order valence-electron chi connectivity index (χ4n) is 2.16. The summed E-state index contributed by atoms with van der Waals surface area (Å²) in [5.74, 6) is 2.23. The van der Waals surface area contributed by atoms with E-state index in [1.807, 2.05) is 49.5 Å². The molecule has 2 aromatic carbocycles. The van der Waals surface area contributed by atoms with E-state index >= 15 is 0 Å². The van der Waals surface area contributed by atoms with Crippen molar-refractivity contribution in [3.05, 3.63) is 47.5 Å². The Hall–Kier alpha value is -2.33. The Kier molecular flexibility index (Phi) is 3.62. The van der Waals surface area contributed by atoms with Crippen LogP contribution in [0.25, 0.3) is 22.3 Å². The fourth-order valence-corrected chi connectivity index (χ4v) is 2.33. The van der Waals surface area contributed by atoms with Gasteiger partial charge in [0.2, 0.25) is 0 Å². The van der Waals surface area contributed by atoms with Crippen LogP contribution in [0.5, 0.6) is 5.75 Å². The molecule has 0 aliphatic heterocycles. The molecule has 0 amide bonds. The van der Waals surface area contributed by atoms with Gasteiger partial charge in [-0.25, -0.2) is 9.97 Å². The van der Waals surface area contributed by atoms with Crippen LogP contribution in [0.2, 0.25) is 5.02 Å². The predicted octanol–water partition coefficient (Wildman–Crippen LogP) is 4.00. The molecule has 4 nitrogen and oxygen atoms in total. The maximum atomic E-state index is 6.04. The number of nitrogens with one attached hydrogen (secondary N) is 1. The van der Waals surface area contributed by atoms with E-state index in [2.05, 4.69) is 15.3 Å². The molecule has 0 bridgehead atoms. The van der Waals surface area contributed by atoms with Gasteiger partial charge >= 0.3 is 0 Å². The van der Waals surface area contributed by atoms with Crippen molar-refractivity contribution in [2.75, 3.05) is 19.5 Å². The smallest absolute Gasteiger partial charge is 0.162 e. The highest BCUT2D eigenvalue weighted by Gasteiger charge is 2.09. The standard InChI is InChI=1S/C16H14ClN3O/c1-18-16-13-9-11(17)5-8-14(13)19-15(20-16)10-3-6-12(21-2)7-4-10/h3-9H,1-2H3,(H,18,19,20). The van der Waals surface area contributed by atoms with Crippen molar-refractivity contribution in [1.82, 2.24) is 9.97 Å². The van der Waals surface area contributed by atoms with Crippen molar-refractivity contribution in [2.45, 2.75) is 0 Å². The lowest BCUT2D eigenvalue weighted by atomic mass is 10.1. The quantitative estimate of drug-likeness (QED) is 0.794. The van der Waals surface area contributed by atoms with Gasteiger partial charge in [0.1, 0.15) is 11.6 Å².